The molecule has 0 bridgehead atoms. The molecule has 0 saturated heterocycles. The van der Waals surface area contributed by atoms with Crippen LogP contribution in [0.1, 0.15) is 22.7 Å². The fourth-order valence-electron chi connectivity index (χ4n) is 2.61. The van der Waals surface area contributed by atoms with Gasteiger partial charge in [0, 0.05) is 22.1 Å². The maximum Gasteiger partial charge on any atom is 0.127 e. The van der Waals surface area contributed by atoms with Crippen molar-refractivity contribution in [2.45, 2.75) is 12.5 Å². The topological polar surface area (TPSA) is 73.3 Å². The molecule has 20 heavy (non-hydrogen) atoms. The van der Waals surface area contributed by atoms with Gasteiger partial charge in [0.1, 0.15) is 5.75 Å². The zero-order valence-electron chi connectivity index (χ0n) is 10.9. The molecule has 0 saturated carbocycles. The van der Waals surface area contributed by atoms with Gasteiger partial charge in [0.25, 0.3) is 0 Å². The van der Waals surface area contributed by atoms with Crippen molar-refractivity contribution in [1.29, 1.82) is 0 Å². The van der Waals surface area contributed by atoms with Gasteiger partial charge in [-0.15, -0.1) is 0 Å². The molecule has 4 nitrogen and oxygen atoms in total. The molecule has 0 aromatic heterocycles. The summed E-state index contributed by atoms with van der Waals surface area (Å²) < 4.78 is 6.72. The number of fused-ring (bicyclic) bond motifs is 1. The molecule has 1 aliphatic rings. The molecule has 5 N–H and O–H groups in total. The number of hydrazine groups is 1. The highest BCUT2D eigenvalue weighted by atomic mass is 79.9. The van der Waals surface area contributed by atoms with Crippen LogP contribution in [0.5, 0.6) is 5.75 Å². The molecule has 0 fully saturated rings. The summed E-state index contributed by atoms with van der Waals surface area (Å²) in [5.41, 5.74) is 12.8. The molecule has 0 amide bonds. The maximum atomic E-state index is 6.09. The Morgan fingerprint density at radius 3 is 2.85 bits per heavy atom. The van der Waals surface area contributed by atoms with E-state index in [9.17, 15) is 0 Å². The highest BCUT2D eigenvalue weighted by Crippen LogP contribution is 2.37. The second-order valence-electron chi connectivity index (χ2n) is 4.81. The number of hydrogen-bond donors (Lipinski definition) is 3. The molecule has 1 unspecified atom stereocenters. The van der Waals surface area contributed by atoms with E-state index in [4.69, 9.17) is 16.3 Å². The van der Waals surface area contributed by atoms with E-state index in [-0.39, 0.29) is 6.04 Å². The number of rotatable bonds is 3. The van der Waals surface area contributed by atoms with Gasteiger partial charge in [-0.1, -0.05) is 34.1 Å². The number of nitrogens with two attached hydrogens (primary N) is 2. The third-order valence-electron chi connectivity index (χ3n) is 3.58. The van der Waals surface area contributed by atoms with Crippen LogP contribution in [-0.4, -0.2) is 6.61 Å². The summed E-state index contributed by atoms with van der Waals surface area (Å²) in [7, 11) is 0. The zero-order chi connectivity index (χ0) is 14.1. The normalized spacial score (nSPS) is 14.7. The Bertz CT molecular complexity index is 645. The zero-order valence-corrected chi connectivity index (χ0v) is 12.5. The van der Waals surface area contributed by atoms with Crippen molar-refractivity contribution < 1.29 is 4.74 Å². The Kier molecular flexibility index (Phi) is 3.65. The van der Waals surface area contributed by atoms with E-state index in [0.717, 1.165) is 34.4 Å². The smallest absolute Gasteiger partial charge is 0.127 e. The van der Waals surface area contributed by atoms with Gasteiger partial charge >= 0.3 is 0 Å². The predicted molar refractivity (Wildman–Crippen MR) is 83.4 cm³/mol. The van der Waals surface area contributed by atoms with E-state index >= 15 is 0 Å². The van der Waals surface area contributed by atoms with E-state index in [2.05, 4.69) is 27.4 Å². The average Bonchev–Trinajstić information content (AvgIpc) is 2.92. The molecule has 104 valence electrons. The maximum absolute atomic E-state index is 6.09. The number of nitrogens with one attached hydrogen (secondary N) is 1. The van der Waals surface area contributed by atoms with Gasteiger partial charge in [-0.2, -0.15) is 0 Å². The van der Waals surface area contributed by atoms with Crippen LogP contribution in [0.3, 0.4) is 0 Å². The monoisotopic (exact) mass is 333 g/mol. The third kappa shape index (κ3) is 2.28. The average molecular weight is 334 g/mol. The van der Waals surface area contributed by atoms with Crippen LogP contribution in [0.25, 0.3) is 0 Å². The summed E-state index contributed by atoms with van der Waals surface area (Å²) in [5.74, 6) is 6.70. The molecule has 0 aliphatic carbocycles. The molecule has 1 heterocycles. The Balaban J connectivity index is 2.11. The highest BCUT2D eigenvalue weighted by molar-refractivity contribution is 9.10. The van der Waals surface area contributed by atoms with Gasteiger partial charge < -0.3 is 10.5 Å². The van der Waals surface area contributed by atoms with Crippen molar-refractivity contribution in [1.82, 2.24) is 5.43 Å². The molecule has 0 spiro atoms. The van der Waals surface area contributed by atoms with Gasteiger partial charge in [-0.3, -0.25) is 5.84 Å². The van der Waals surface area contributed by atoms with Crippen LogP contribution in [0.15, 0.2) is 40.9 Å². The first-order chi connectivity index (χ1) is 9.70. The molecule has 5 heteroatoms. The summed E-state index contributed by atoms with van der Waals surface area (Å²) in [6.07, 6.45) is 0.939. The van der Waals surface area contributed by atoms with Gasteiger partial charge in [0.2, 0.25) is 0 Å². The van der Waals surface area contributed by atoms with Crippen LogP contribution in [0, 0.1) is 0 Å². The molecule has 3 rings (SSSR count). The van der Waals surface area contributed by atoms with Crippen LogP contribution in [0.2, 0.25) is 0 Å². The van der Waals surface area contributed by atoms with Crippen LogP contribution >= 0.6 is 15.9 Å². The van der Waals surface area contributed by atoms with E-state index in [1.165, 1.54) is 5.56 Å². The van der Waals surface area contributed by atoms with E-state index in [0.29, 0.717) is 5.69 Å². The summed E-state index contributed by atoms with van der Waals surface area (Å²) >= 11 is 3.47. The van der Waals surface area contributed by atoms with Crippen molar-refractivity contribution >= 4 is 21.6 Å². The number of benzene rings is 2. The molecule has 1 atom stereocenters. The number of para-hydroxylation sites is 1. The van der Waals surface area contributed by atoms with Crippen molar-refractivity contribution in [2.24, 2.45) is 5.84 Å². The number of nitrogen functional groups attached to an aromatic ring is 1. The largest absolute Gasteiger partial charge is 0.493 e. The van der Waals surface area contributed by atoms with E-state index in [1.54, 1.807) is 0 Å². The molecule has 1 aliphatic heterocycles. The lowest BCUT2D eigenvalue weighted by atomic mass is 9.95. The van der Waals surface area contributed by atoms with Gasteiger partial charge in [-0.05, 0) is 29.3 Å². The second-order valence-corrected chi connectivity index (χ2v) is 5.72. The van der Waals surface area contributed by atoms with Crippen LogP contribution < -0.4 is 21.7 Å². The summed E-state index contributed by atoms with van der Waals surface area (Å²) in [6, 6.07) is 11.7. The molecular weight excluding hydrogens is 318 g/mol. The predicted octanol–water partition coefficient (Wildman–Crippen LogP) is 2.52. The first-order valence-electron chi connectivity index (χ1n) is 6.46. The van der Waals surface area contributed by atoms with Crippen molar-refractivity contribution in [2.75, 3.05) is 12.3 Å². The van der Waals surface area contributed by atoms with Gasteiger partial charge in [0.15, 0.2) is 0 Å². The van der Waals surface area contributed by atoms with Gasteiger partial charge in [0.05, 0.1) is 12.6 Å². The van der Waals surface area contributed by atoms with Crippen molar-refractivity contribution in [3.63, 3.8) is 0 Å². The number of ether oxygens (including phenoxy) is 1. The minimum absolute atomic E-state index is 0.194. The highest BCUT2D eigenvalue weighted by Gasteiger charge is 2.24. The Hall–Kier alpha value is -1.56. The standard InChI is InChI=1S/C15H16BrN3O/c16-10-4-5-13(17)12(8-10)14(19-18)11-3-1-2-9-6-7-20-15(9)11/h1-5,8,14,19H,6-7,17-18H2. The summed E-state index contributed by atoms with van der Waals surface area (Å²) in [5, 5.41) is 0. The quantitative estimate of drug-likeness (QED) is 0.458. The lowest BCUT2D eigenvalue weighted by Gasteiger charge is -2.21. The summed E-state index contributed by atoms with van der Waals surface area (Å²) in [4.78, 5) is 0. The third-order valence-corrected chi connectivity index (χ3v) is 4.08. The number of halogens is 1. The van der Waals surface area contributed by atoms with E-state index in [1.807, 2.05) is 30.3 Å². The first-order valence-corrected chi connectivity index (χ1v) is 7.25. The molecule has 2 aromatic carbocycles. The Labute approximate surface area is 126 Å². The minimum Gasteiger partial charge on any atom is -0.493 e. The van der Waals surface area contributed by atoms with Crippen LogP contribution in [0.4, 0.5) is 5.69 Å². The fourth-order valence-corrected chi connectivity index (χ4v) is 2.99. The number of anilines is 1. The second kappa shape index (κ2) is 5.44. The Morgan fingerprint density at radius 1 is 1.20 bits per heavy atom. The summed E-state index contributed by atoms with van der Waals surface area (Å²) in [6.45, 7) is 0.720. The first kappa shape index (κ1) is 13.4. The number of hydrogen-bond acceptors (Lipinski definition) is 4. The molecule has 0 radical (unpaired) electrons. The molecular formula is C15H16BrN3O. The molecule has 2 aromatic rings. The van der Waals surface area contributed by atoms with Crippen molar-refractivity contribution in [3.05, 3.63) is 57.6 Å². The van der Waals surface area contributed by atoms with E-state index < -0.39 is 0 Å². The fraction of sp³-hybridized carbons (Fsp3) is 0.200. The lowest BCUT2D eigenvalue weighted by molar-refractivity contribution is 0.350. The lowest BCUT2D eigenvalue weighted by Crippen LogP contribution is -2.29. The van der Waals surface area contributed by atoms with Crippen molar-refractivity contribution in [3.8, 4) is 5.75 Å². The minimum atomic E-state index is -0.194. The Morgan fingerprint density at radius 2 is 2.05 bits per heavy atom. The van der Waals surface area contributed by atoms with Gasteiger partial charge in [-0.25, -0.2) is 5.43 Å². The SMILES string of the molecule is NNC(c1cc(Br)ccc1N)c1cccc2c1OCC2. The van der Waals surface area contributed by atoms with Crippen LogP contribution in [-0.2, 0) is 6.42 Å².